The Morgan fingerprint density at radius 1 is 1.06 bits per heavy atom. The number of nitrogens with one attached hydrogen (secondary N) is 1. The standard InChI is InChI=1S/C24H17N3O3S/c25-23(29)17-6-5-16(28)10-20(17)27-24(30)14-7-15-11-26-12-19(15)18(8-14)22-9-13-3-1-2-4-21(13)31-22/h1-11,28H,12H2,(H2,25,29)(H,27,30). The number of thiophene rings is 1. The Labute approximate surface area is 181 Å². The highest BCUT2D eigenvalue weighted by atomic mass is 32.1. The molecule has 4 aromatic rings. The minimum Gasteiger partial charge on any atom is -0.508 e. The van der Waals surface area contributed by atoms with Gasteiger partial charge in [-0.25, -0.2) is 0 Å². The van der Waals surface area contributed by atoms with Crippen LogP contribution in [0.2, 0.25) is 0 Å². The van der Waals surface area contributed by atoms with Crippen LogP contribution in [0.3, 0.4) is 0 Å². The van der Waals surface area contributed by atoms with Crippen LogP contribution in [0.25, 0.3) is 20.5 Å². The van der Waals surface area contributed by atoms with E-state index in [1.165, 1.54) is 22.9 Å². The van der Waals surface area contributed by atoms with Gasteiger partial charge >= 0.3 is 0 Å². The predicted octanol–water partition coefficient (Wildman–Crippen LogP) is 4.56. The molecule has 7 heteroatoms. The van der Waals surface area contributed by atoms with Crippen LogP contribution in [0.1, 0.15) is 31.8 Å². The summed E-state index contributed by atoms with van der Waals surface area (Å²) in [6.07, 6.45) is 1.77. The average Bonchev–Trinajstić information content (AvgIpc) is 3.39. The fraction of sp³-hybridized carbons (Fsp3) is 0.0417. The van der Waals surface area contributed by atoms with Gasteiger partial charge in [0.15, 0.2) is 0 Å². The Morgan fingerprint density at radius 2 is 1.90 bits per heavy atom. The summed E-state index contributed by atoms with van der Waals surface area (Å²) in [5.41, 5.74) is 9.06. The van der Waals surface area contributed by atoms with Crippen molar-refractivity contribution in [3.05, 3.63) is 82.9 Å². The SMILES string of the molecule is NC(=O)c1ccc(O)cc1NC(=O)c1cc2c(c(-c3cc4ccccc4s3)c1)CN=C2. The monoisotopic (exact) mass is 427 g/mol. The van der Waals surface area contributed by atoms with E-state index in [0.717, 1.165) is 27.0 Å². The van der Waals surface area contributed by atoms with Gasteiger partial charge in [0.2, 0.25) is 0 Å². The predicted molar refractivity (Wildman–Crippen MR) is 123 cm³/mol. The summed E-state index contributed by atoms with van der Waals surface area (Å²) in [5.74, 6) is -1.17. The van der Waals surface area contributed by atoms with Crippen LogP contribution in [0.4, 0.5) is 5.69 Å². The molecule has 0 aliphatic carbocycles. The molecule has 2 amide bonds. The third kappa shape index (κ3) is 3.45. The Morgan fingerprint density at radius 3 is 2.71 bits per heavy atom. The third-order valence-corrected chi connectivity index (χ3v) is 6.38. The molecular weight excluding hydrogens is 410 g/mol. The van der Waals surface area contributed by atoms with Crippen molar-refractivity contribution in [2.45, 2.75) is 6.54 Å². The maximum Gasteiger partial charge on any atom is 0.255 e. The molecule has 1 aromatic heterocycles. The lowest BCUT2D eigenvalue weighted by molar-refractivity contribution is 0.100. The van der Waals surface area contributed by atoms with Crippen molar-refractivity contribution in [3.63, 3.8) is 0 Å². The molecule has 1 aliphatic rings. The summed E-state index contributed by atoms with van der Waals surface area (Å²) in [7, 11) is 0. The van der Waals surface area contributed by atoms with Gasteiger partial charge < -0.3 is 16.2 Å². The summed E-state index contributed by atoms with van der Waals surface area (Å²) in [5, 5.41) is 13.6. The number of nitrogens with two attached hydrogens (primary N) is 1. The summed E-state index contributed by atoms with van der Waals surface area (Å²) >= 11 is 1.67. The van der Waals surface area contributed by atoms with Crippen molar-refractivity contribution < 1.29 is 14.7 Å². The van der Waals surface area contributed by atoms with Crippen molar-refractivity contribution >= 4 is 45.1 Å². The number of carbonyl (C=O) groups excluding carboxylic acids is 2. The minimum absolute atomic E-state index is 0.0765. The van der Waals surface area contributed by atoms with Gasteiger partial charge in [-0.3, -0.25) is 14.6 Å². The Kier molecular flexibility index (Phi) is 4.52. The molecule has 0 radical (unpaired) electrons. The highest BCUT2D eigenvalue weighted by Crippen LogP contribution is 2.38. The Hall–Kier alpha value is -3.97. The van der Waals surface area contributed by atoms with E-state index in [0.29, 0.717) is 12.1 Å². The third-order valence-electron chi connectivity index (χ3n) is 5.23. The smallest absolute Gasteiger partial charge is 0.255 e. The van der Waals surface area contributed by atoms with Crippen molar-refractivity contribution in [2.75, 3.05) is 5.32 Å². The Balaban J connectivity index is 1.57. The number of amides is 2. The van der Waals surface area contributed by atoms with Gasteiger partial charge in [0.05, 0.1) is 17.8 Å². The molecule has 0 fully saturated rings. The van der Waals surface area contributed by atoms with Crippen LogP contribution >= 0.6 is 11.3 Å². The van der Waals surface area contributed by atoms with Gasteiger partial charge in [-0.2, -0.15) is 0 Å². The molecule has 0 saturated carbocycles. The molecular formula is C24H17N3O3S. The number of hydrogen-bond donors (Lipinski definition) is 3. The number of fused-ring (bicyclic) bond motifs is 2. The van der Waals surface area contributed by atoms with Gasteiger partial charge in [0.1, 0.15) is 5.75 Å². The number of benzene rings is 3. The quantitative estimate of drug-likeness (QED) is 0.445. The molecule has 0 unspecified atom stereocenters. The lowest BCUT2D eigenvalue weighted by Crippen LogP contribution is -2.18. The van der Waals surface area contributed by atoms with Crippen LogP contribution in [0.5, 0.6) is 5.75 Å². The highest BCUT2D eigenvalue weighted by molar-refractivity contribution is 7.22. The fourth-order valence-electron chi connectivity index (χ4n) is 3.73. The fourth-order valence-corrected chi connectivity index (χ4v) is 4.84. The molecule has 5 rings (SSSR count). The van der Waals surface area contributed by atoms with Gasteiger partial charge in [-0.1, -0.05) is 18.2 Å². The number of anilines is 1. The van der Waals surface area contributed by atoms with E-state index >= 15 is 0 Å². The number of phenols is 1. The van der Waals surface area contributed by atoms with E-state index in [9.17, 15) is 14.7 Å². The first kappa shape index (κ1) is 19.0. The second-order valence-corrected chi connectivity index (χ2v) is 8.34. The van der Waals surface area contributed by atoms with Crippen LogP contribution < -0.4 is 11.1 Å². The van der Waals surface area contributed by atoms with E-state index in [2.05, 4.69) is 28.5 Å². The van der Waals surface area contributed by atoms with Crippen molar-refractivity contribution in [1.82, 2.24) is 0 Å². The number of aromatic hydroxyl groups is 1. The van der Waals surface area contributed by atoms with Gasteiger partial charge in [0, 0.05) is 27.4 Å². The molecule has 31 heavy (non-hydrogen) atoms. The first-order valence-electron chi connectivity index (χ1n) is 9.59. The van der Waals surface area contributed by atoms with Gasteiger partial charge in [-0.15, -0.1) is 11.3 Å². The summed E-state index contributed by atoms with van der Waals surface area (Å²) in [4.78, 5) is 30.2. The number of nitrogens with zero attached hydrogens (tertiary/aromatic N) is 1. The molecule has 1 aliphatic heterocycles. The molecule has 6 nitrogen and oxygen atoms in total. The second kappa shape index (κ2) is 7.37. The molecule has 2 heterocycles. The number of aliphatic imine (C=N–C) groups is 1. The largest absolute Gasteiger partial charge is 0.508 e. The van der Waals surface area contributed by atoms with Gasteiger partial charge in [0.25, 0.3) is 11.8 Å². The zero-order valence-electron chi connectivity index (χ0n) is 16.3. The second-order valence-electron chi connectivity index (χ2n) is 7.26. The Bertz CT molecular complexity index is 1370. The highest BCUT2D eigenvalue weighted by Gasteiger charge is 2.20. The number of carbonyl (C=O) groups is 2. The molecule has 0 spiro atoms. The zero-order chi connectivity index (χ0) is 21.5. The average molecular weight is 427 g/mol. The number of phenolic OH excluding ortho intramolecular Hbond substituents is 1. The van der Waals surface area contributed by atoms with Crippen LogP contribution in [0, 0.1) is 0 Å². The maximum absolute atomic E-state index is 13.1. The van der Waals surface area contributed by atoms with Crippen molar-refractivity contribution in [3.8, 4) is 16.2 Å². The van der Waals surface area contributed by atoms with Crippen LogP contribution in [-0.2, 0) is 6.54 Å². The van der Waals surface area contributed by atoms with Gasteiger partial charge in [-0.05, 0) is 58.5 Å². The summed E-state index contributed by atoms with van der Waals surface area (Å²) < 4.78 is 1.17. The lowest BCUT2D eigenvalue weighted by atomic mass is 9.97. The van der Waals surface area contributed by atoms with Crippen molar-refractivity contribution in [1.29, 1.82) is 0 Å². The number of rotatable bonds is 4. The number of hydrogen-bond acceptors (Lipinski definition) is 5. The molecule has 0 bridgehead atoms. The van der Waals surface area contributed by atoms with Crippen LogP contribution in [0.15, 0.2) is 65.7 Å². The van der Waals surface area contributed by atoms with E-state index in [1.54, 1.807) is 23.6 Å². The van der Waals surface area contributed by atoms with Crippen LogP contribution in [-0.4, -0.2) is 23.1 Å². The van der Waals surface area contributed by atoms with E-state index in [-0.39, 0.29) is 17.0 Å². The lowest BCUT2D eigenvalue weighted by Gasteiger charge is -2.12. The van der Waals surface area contributed by atoms with E-state index < -0.39 is 11.8 Å². The van der Waals surface area contributed by atoms with E-state index in [1.807, 2.05) is 18.2 Å². The van der Waals surface area contributed by atoms with E-state index in [4.69, 9.17) is 5.73 Å². The summed E-state index contributed by atoms with van der Waals surface area (Å²) in [6.45, 7) is 0.569. The topological polar surface area (TPSA) is 105 Å². The number of primary amides is 1. The summed E-state index contributed by atoms with van der Waals surface area (Å²) in [6, 6.07) is 17.9. The molecule has 0 saturated heterocycles. The maximum atomic E-state index is 13.1. The molecule has 0 atom stereocenters. The van der Waals surface area contributed by atoms with Crippen molar-refractivity contribution in [2.24, 2.45) is 10.7 Å². The molecule has 152 valence electrons. The first-order chi connectivity index (χ1) is 15.0. The first-order valence-corrected chi connectivity index (χ1v) is 10.4. The molecule has 4 N–H and O–H groups in total. The zero-order valence-corrected chi connectivity index (χ0v) is 17.1. The minimum atomic E-state index is -0.692. The molecule has 3 aromatic carbocycles. The normalized spacial score (nSPS) is 12.1.